The first-order chi connectivity index (χ1) is 9.61. The fourth-order valence-corrected chi connectivity index (χ4v) is 2.42. The van der Waals surface area contributed by atoms with Gasteiger partial charge in [-0.3, -0.25) is 4.79 Å². The van der Waals surface area contributed by atoms with Gasteiger partial charge in [-0.05, 0) is 18.9 Å². The molecule has 0 atom stereocenters. The Morgan fingerprint density at radius 2 is 2.15 bits per heavy atom. The van der Waals surface area contributed by atoms with Gasteiger partial charge in [0.2, 0.25) is 5.91 Å². The summed E-state index contributed by atoms with van der Waals surface area (Å²) in [6.07, 6.45) is 4.00. The van der Waals surface area contributed by atoms with E-state index in [0.717, 1.165) is 25.7 Å². The van der Waals surface area contributed by atoms with E-state index in [-0.39, 0.29) is 24.2 Å². The van der Waals surface area contributed by atoms with E-state index in [2.05, 4.69) is 10.5 Å². The lowest BCUT2D eigenvalue weighted by molar-refractivity contribution is -0.124. The summed E-state index contributed by atoms with van der Waals surface area (Å²) in [6, 6.07) is 4.26. The SMILES string of the molecule is NC(=NO)c1ccc(CNC(=O)C2CCCC2)c(F)c1. The summed E-state index contributed by atoms with van der Waals surface area (Å²) in [4.78, 5) is 11.8. The minimum Gasteiger partial charge on any atom is -0.409 e. The summed E-state index contributed by atoms with van der Waals surface area (Å²) >= 11 is 0. The molecule has 108 valence electrons. The summed E-state index contributed by atoms with van der Waals surface area (Å²) < 4.78 is 13.8. The lowest BCUT2D eigenvalue weighted by Crippen LogP contribution is -2.29. The number of benzene rings is 1. The molecular weight excluding hydrogens is 261 g/mol. The van der Waals surface area contributed by atoms with Gasteiger partial charge in [0.1, 0.15) is 5.82 Å². The summed E-state index contributed by atoms with van der Waals surface area (Å²) in [6.45, 7) is 0.150. The second-order valence-electron chi connectivity index (χ2n) is 4.99. The van der Waals surface area contributed by atoms with E-state index in [0.29, 0.717) is 11.1 Å². The topological polar surface area (TPSA) is 87.7 Å². The number of halogens is 1. The first-order valence-corrected chi connectivity index (χ1v) is 6.66. The van der Waals surface area contributed by atoms with Gasteiger partial charge in [0, 0.05) is 23.6 Å². The maximum atomic E-state index is 13.8. The number of amides is 1. The molecule has 0 spiro atoms. The molecule has 0 heterocycles. The van der Waals surface area contributed by atoms with E-state index in [1.54, 1.807) is 6.07 Å². The lowest BCUT2D eigenvalue weighted by Gasteiger charge is -2.11. The third-order valence-corrected chi connectivity index (χ3v) is 3.64. The van der Waals surface area contributed by atoms with Crippen molar-refractivity contribution in [1.29, 1.82) is 0 Å². The van der Waals surface area contributed by atoms with Gasteiger partial charge in [0.15, 0.2) is 5.84 Å². The number of nitrogens with zero attached hydrogens (tertiary/aromatic N) is 1. The van der Waals surface area contributed by atoms with Gasteiger partial charge in [-0.25, -0.2) is 4.39 Å². The molecule has 1 saturated carbocycles. The third-order valence-electron chi connectivity index (χ3n) is 3.64. The Labute approximate surface area is 116 Å². The first kappa shape index (κ1) is 14.3. The van der Waals surface area contributed by atoms with Crippen molar-refractivity contribution in [3.05, 3.63) is 35.1 Å². The molecule has 1 amide bonds. The van der Waals surface area contributed by atoms with E-state index in [4.69, 9.17) is 10.9 Å². The second kappa shape index (κ2) is 6.36. The van der Waals surface area contributed by atoms with Crippen LogP contribution in [0.5, 0.6) is 0 Å². The van der Waals surface area contributed by atoms with Crippen molar-refractivity contribution in [2.75, 3.05) is 0 Å². The molecular formula is C14H18FN3O2. The molecule has 5 nitrogen and oxygen atoms in total. The van der Waals surface area contributed by atoms with Gasteiger partial charge < -0.3 is 16.3 Å². The van der Waals surface area contributed by atoms with Crippen LogP contribution in [0.4, 0.5) is 4.39 Å². The van der Waals surface area contributed by atoms with Crippen LogP contribution in [0, 0.1) is 11.7 Å². The molecule has 4 N–H and O–H groups in total. The van der Waals surface area contributed by atoms with Crippen molar-refractivity contribution in [2.24, 2.45) is 16.8 Å². The lowest BCUT2D eigenvalue weighted by atomic mass is 10.1. The molecule has 0 bridgehead atoms. The molecule has 1 aromatic carbocycles. The number of carbonyl (C=O) groups excluding carboxylic acids is 1. The van der Waals surface area contributed by atoms with Crippen LogP contribution in [0.15, 0.2) is 23.4 Å². The van der Waals surface area contributed by atoms with E-state index < -0.39 is 5.82 Å². The molecule has 1 aromatic rings. The molecule has 0 aromatic heterocycles. The Balaban J connectivity index is 1.97. The molecule has 0 saturated heterocycles. The number of rotatable bonds is 4. The van der Waals surface area contributed by atoms with E-state index in [1.165, 1.54) is 12.1 Å². The Kier molecular flexibility index (Phi) is 4.55. The van der Waals surface area contributed by atoms with Crippen LogP contribution < -0.4 is 11.1 Å². The largest absolute Gasteiger partial charge is 0.409 e. The van der Waals surface area contributed by atoms with Crippen molar-refractivity contribution in [2.45, 2.75) is 32.2 Å². The Hall–Kier alpha value is -2.11. The zero-order valence-corrected chi connectivity index (χ0v) is 11.1. The maximum Gasteiger partial charge on any atom is 0.223 e. The third kappa shape index (κ3) is 3.26. The van der Waals surface area contributed by atoms with Crippen molar-refractivity contribution >= 4 is 11.7 Å². The smallest absolute Gasteiger partial charge is 0.223 e. The van der Waals surface area contributed by atoms with E-state index in [1.807, 2.05) is 0 Å². The van der Waals surface area contributed by atoms with Crippen LogP contribution in [0.3, 0.4) is 0 Å². The molecule has 1 aliphatic carbocycles. The van der Waals surface area contributed by atoms with Crippen LogP contribution in [-0.4, -0.2) is 17.0 Å². The number of nitrogens with one attached hydrogen (secondary N) is 1. The highest BCUT2D eigenvalue weighted by molar-refractivity contribution is 5.97. The van der Waals surface area contributed by atoms with Crippen LogP contribution in [0.2, 0.25) is 0 Å². The first-order valence-electron chi connectivity index (χ1n) is 6.66. The molecule has 0 unspecified atom stereocenters. The molecule has 1 fully saturated rings. The number of hydrogen-bond donors (Lipinski definition) is 3. The van der Waals surface area contributed by atoms with Gasteiger partial charge >= 0.3 is 0 Å². The highest BCUT2D eigenvalue weighted by atomic mass is 19.1. The molecule has 6 heteroatoms. The minimum absolute atomic E-state index is 0.0117. The summed E-state index contributed by atoms with van der Waals surface area (Å²) in [5.74, 6) is -0.580. The molecule has 20 heavy (non-hydrogen) atoms. The van der Waals surface area contributed by atoms with Crippen LogP contribution in [-0.2, 0) is 11.3 Å². The predicted molar refractivity (Wildman–Crippen MR) is 72.7 cm³/mol. The second-order valence-corrected chi connectivity index (χ2v) is 4.99. The van der Waals surface area contributed by atoms with Gasteiger partial charge in [0.05, 0.1) is 0 Å². The number of hydrogen-bond acceptors (Lipinski definition) is 3. The molecule has 2 rings (SSSR count). The Morgan fingerprint density at radius 1 is 1.45 bits per heavy atom. The predicted octanol–water partition coefficient (Wildman–Crippen LogP) is 1.73. The van der Waals surface area contributed by atoms with Gasteiger partial charge in [-0.2, -0.15) is 0 Å². The summed E-state index contributed by atoms with van der Waals surface area (Å²) in [7, 11) is 0. The van der Waals surface area contributed by atoms with Gasteiger partial charge in [-0.15, -0.1) is 0 Å². The maximum absolute atomic E-state index is 13.8. The highest BCUT2D eigenvalue weighted by Gasteiger charge is 2.22. The quantitative estimate of drug-likeness (QED) is 0.339. The number of nitrogens with two attached hydrogens (primary N) is 1. The van der Waals surface area contributed by atoms with Crippen molar-refractivity contribution < 1.29 is 14.4 Å². The standard InChI is InChI=1S/C14H18FN3O2/c15-12-7-10(13(16)18-20)5-6-11(12)8-17-14(19)9-3-1-2-4-9/h5-7,9,20H,1-4,8H2,(H2,16,18)(H,17,19). The van der Waals surface area contributed by atoms with Crippen LogP contribution in [0.25, 0.3) is 0 Å². The molecule has 0 aliphatic heterocycles. The van der Waals surface area contributed by atoms with Gasteiger partial charge in [-0.1, -0.05) is 30.1 Å². The van der Waals surface area contributed by atoms with Crippen LogP contribution >= 0.6 is 0 Å². The fraction of sp³-hybridized carbons (Fsp3) is 0.429. The normalized spacial score (nSPS) is 16.4. The highest BCUT2D eigenvalue weighted by Crippen LogP contribution is 2.24. The van der Waals surface area contributed by atoms with E-state index >= 15 is 0 Å². The Bertz CT molecular complexity index is 525. The monoisotopic (exact) mass is 279 g/mol. The van der Waals surface area contributed by atoms with Crippen molar-refractivity contribution in [1.82, 2.24) is 5.32 Å². The minimum atomic E-state index is -0.485. The summed E-state index contributed by atoms with van der Waals surface area (Å²) in [5.41, 5.74) is 6.06. The summed E-state index contributed by atoms with van der Waals surface area (Å²) in [5, 5.41) is 14.1. The fourth-order valence-electron chi connectivity index (χ4n) is 2.42. The average Bonchev–Trinajstić information content (AvgIpc) is 2.99. The zero-order chi connectivity index (χ0) is 14.5. The molecule has 0 radical (unpaired) electrons. The van der Waals surface area contributed by atoms with Crippen molar-refractivity contribution in [3.8, 4) is 0 Å². The van der Waals surface area contributed by atoms with Crippen LogP contribution in [0.1, 0.15) is 36.8 Å². The number of amidine groups is 1. The van der Waals surface area contributed by atoms with Crippen molar-refractivity contribution in [3.63, 3.8) is 0 Å². The number of oxime groups is 1. The number of carbonyl (C=O) groups is 1. The zero-order valence-electron chi connectivity index (χ0n) is 11.1. The Morgan fingerprint density at radius 3 is 2.75 bits per heavy atom. The average molecular weight is 279 g/mol. The van der Waals surface area contributed by atoms with Gasteiger partial charge in [0.25, 0.3) is 0 Å². The molecule has 1 aliphatic rings. The van der Waals surface area contributed by atoms with E-state index in [9.17, 15) is 9.18 Å².